The van der Waals surface area contributed by atoms with Gasteiger partial charge in [0.05, 0.1) is 11.9 Å². The van der Waals surface area contributed by atoms with Crippen molar-refractivity contribution in [2.24, 2.45) is 0 Å². The molecule has 0 heterocycles. The maximum absolute atomic E-state index is 11.4. The molecule has 0 aliphatic heterocycles. The number of hydrogen-bond acceptors (Lipinski definition) is 4. The van der Waals surface area contributed by atoms with Crippen LogP contribution in [0, 0.1) is 0 Å². The van der Waals surface area contributed by atoms with E-state index in [1.165, 1.54) is 10.6 Å². The third-order valence-corrected chi connectivity index (χ3v) is 4.83. The number of rotatable bonds is 9. The van der Waals surface area contributed by atoms with Crippen LogP contribution >= 0.6 is 0 Å². The number of hydrogen-bond donors (Lipinski definition) is 2. The van der Waals surface area contributed by atoms with Gasteiger partial charge in [0.25, 0.3) is 0 Å². The number of benzene rings is 1. The van der Waals surface area contributed by atoms with Crippen LogP contribution in [0.2, 0.25) is 0 Å². The summed E-state index contributed by atoms with van der Waals surface area (Å²) in [6, 6.07) is 9.50. The molecule has 1 atom stereocenters. The van der Waals surface area contributed by atoms with E-state index in [1.54, 1.807) is 6.92 Å². The van der Waals surface area contributed by atoms with Crippen molar-refractivity contribution in [3.8, 4) is 0 Å². The fraction of sp³-hybridized carbons (Fsp3) is 0.600. The van der Waals surface area contributed by atoms with E-state index in [2.05, 4.69) is 5.32 Å². The van der Waals surface area contributed by atoms with E-state index < -0.39 is 15.6 Å². The molecular weight excluding hydrogens is 288 g/mol. The average molecular weight is 314 g/mol. The fourth-order valence-electron chi connectivity index (χ4n) is 2.17. The highest BCUT2D eigenvalue weighted by Crippen LogP contribution is 2.18. The molecule has 1 aromatic carbocycles. The Kier molecular flexibility index (Phi) is 6.80. The topological polar surface area (TPSA) is 69.6 Å². The summed E-state index contributed by atoms with van der Waals surface area (Å²) in [7, 11) is -3.12. The van der Waals surface area contributed by atoms with Crippen molar-refractivity contribution in [2.75, 3.05) is 32.4 Å². The molecule has 6 heteroatoms. The van der Waals surface area contributed by atoms with E-state index in [-0.39, 0.29) is 0 Å². The summed E-state index contributed by atoms with van der Waals surface area (Å²) in [5, 5.41) is 13.6. The van der Waals surface area contributed by atoms with Crippen LogP contribution in [-0.2, 0) is 15.6 Å². The van der Waals surface area contributed by atoms with Crippen LogP contribution in [0.3, 0.4) is 0 Å². The van der Waals surface area contributed by atoms with Crippen molar-refractivity contribution in [2.45, 2.75) is 25.9 Å². The molecule has 120 valence electrons. The summed E-state index contributed by atoms with van der Waals surface area (Å²) in [6.07, 6.45) is 1.94. The van der Waals surface area contributed by atoms with Crippen LogP contribution < -0.4 is 5.32 Å². The van der Waals surface area contributed by atoms with Crippen LogP contribution in [0.4, 0.5) is 0 Å². The molecular formula is C15H26N2O3S. The molecule has 2 N–H and O–H groups in total. The average Bonchev–Trinajstić information content (AvgIpc) is 2.42. The van der Waals surface area contributed by atoms with Gasteiger partial charge in [0, 0.05) is 19.6 Å². The number of nitrogens with zero attached hydrogens (tertiary/aromatic N) is 1. The van der Waals surface area contributed by atoms with Gasteiger partial charge in [0.1, 0.15) is 0 Å². The van der Waals surface area contributed by atoms with Gasteiger partial charge in [-0.1, -0.05) is 37.3 Å². The van der Waals surface area contributed by atoms with E-state index in [1.807, 2.05) is 37.3 Å². The molecule has 1 unspecified atom stereocenters. The zero-order valence-corrected chi connectivity index (χ0v) is 13.9. The predicted octanol–water partition coefficient (Wildman–Crippen LogP) is 1.16. The van der Waals surface area contributed by atoms with Gasteiger partial charge < -0.3 is 10.4 Å². The molecule has 21 heavy (non-hydrogen) atoms. The Morgan fingerprint density at radius 2 is 1.90 bits per heavy atom. The highest BCUT2D eigenvalue weighted by molar-refractivity contribution is 7.88. The van der Waals surface area contributed by atoms with Crippen molar-refractivity contribution in [1.29, 1.82) is 0 Å². The maximum Gasteiger partial charge on any atom is 0.211 e. The van der Waals surface area contributed by atoms with Gasteiger partial charge in [-0.25, -0.2) is 12.7 Å². The molecule has 0 aliphatic carbocycles. The van der Waals surface area contributed by atoms with E-state index in [4.69, 9.17) is 0 Å². The minimum Gasteiger partial charge on any atom is -0.384 e. The maximum atomic E-state index is 11.4. The molecule has 0 radical (unpaired) electrons. The van der Waals surface area contributed by atoms with Gasteiger partial charge in [0.15, 0.2) is 0 Å². The zero-order chi connectivity index (χ0) is 15.9. The molecule has 5 nitrogen and oxygen atoms in total. The standard InChI is InChI=1S/C15H26N2O3S/c1-4-17(21(3,19)20)12-8-11-16-13-15(2,18)14-9-6-5-7-10-14/h5-7,9-10,16,18H,4,8,11-13H2,1-3H3. The number of sulfonamides is 1. The molecule has 0 saturated carbocycles. The molecule has 0 aliphatic rings. The Labute approximate surface area is 128 Å². The second kappa shape index (κ2) is 7.89. The Balaban J connectivity index is 2.34. The highest BCUT2D eigenvalue weighted by Gasteiger charge is 2.22. The first-order chi connectivity index (χ1) is 9.77. The minimum absolute atomic E-state index is 0.433. The van der Waals surface area contributed by atoms with Gasteiger partial charge >= 0.3 is 0 Å². The van der Waals surface area contributed by atoms with Crippen molar-refractivity contribution in [3.05, 3.63) is 35.9 Å². The predicted molar refractivity (Wildman–Crippen MR) is 85.6 cm³/mol. The van der Waals surface area contributed by atoms with Crippen molar-refractivity contribution in [3.63, 3.8) is 0 Å². The lowest BCUT2D eigenvalue weighted by Gasteiger charge is -2.24. The normalized spacial score (nSPS) is 15.1. The lowest BCUT2D eigenvalue weighted by Crippen LogP contribution is -2.37. The molecule has 0 spiro atoms. The van der Waals surface area contributed by atoms with E-state index >= 15 is 0 Å². The summed E-state index contributed by atoms with van der Waals surface area (Å²) in [5.41, 5.74) is -0.0634. The lowest BCUT2D eigenvalue weighted by atomic mass is 9.96. The van der Waals surface area contributed by atoms with E-state index in [9.17, 15) is 13.5 Å². The van der Waals surface area contributed by atoms with E-state index in [0.29, 0.717) is 32.6 Å². The van der Waals surface area contributed by atoms with Gasteiger partial charge in [-0.2, -0.15) is 0 Å². The minimum atomic E-state index is -3.12. The number of nitrogens with one attached hydrogen (secondary N) is 1. The van der Waals surface area contributed by atoms with Crippen LogP contribution in [0.1, 0.15) is 25.8 Å². The smallest absolute Gasteiger partial charge is 0.211 e. The monoisotopic (exact) mass is 314 g/mol. The Hall–Kier alpha value is -0.950. The van der Waals surface area contributed by atoms with Gasteiger partial charge in [-0.3, -0.25) is 0 Å². The first kappa shape index (κ1) is 18.1. The summed E-state index contributed by atoms with van der Waals surface area (Å²) in [4.78, 5) is 0. The second-order valence-corrected chi connectivity index (χ2v) is 7.41. The quantitative estimate of drug-likeness (QED) is 0.671. The van der Waals surface area contributed by atoms with Gasteiger partial charge in [-0.15, -0.1) is 0 Å². The van der Waals surface area contributed by atoms with Crippen LogP contribution in [-0.4, -0.2) is 50.3 Å². The Morgan fingerprint density at radius 1 is 1.29 bits per heavy atom. The first-order valence-electron chi connectivity index (χ1n) is 7.21. The molecule has 0 saturated heterocycles. The van der Waals surface area contributed by atoms with Crippen LogP contribution in [0.15, 0.2) is 30.3 Å². The van der Waals surface area contributed by atoms with Crippen molar-refractivity contribution >= 4 is 10.0 Å². The molecule has 1 rings (SSSR count). The largest absolute Gasteiger partial charge is 0.384 e. The Bertz CT molecular complexity index is 515. The lowest BCUT2D eigenvalue weighted by molar-refractivity contribution is 0.0570. The fourth-order valence-corrected chi connectivity index (χ4v) is 3.10. The summed E-state index contributed by atoms with van der Waals surface area (Å²) < 4.78 is 24.3. The van der Waals surface area contributed by atoms with Crippen LogP contribution in [0.5, 0.6) is 0 Å². The number of aliphatic hydroxyl groups is 1. The third kappa shape index (κ3) is 6.13. The van der Waals surface area contributed by atoms with Gasteiger partial charge in [-0.05, 0) is 25.5 Å². The van der Waals surface area contributed by atoms with Gasteiger partial charge in [0.2, 0.25) is 10.0 Å². The molecule has 0 amide bonds. The van der Waals surface area contributed by atoms with E-state index in [0.717, 1.165) is 5.56 Å². The zero-order valence-electron chi connectivity index (χ0n) is 13.0. The molecule has 0 aromatic heterocycles. The SMILES string of the molecule is CCN(CCCNCC(C)(O)c1ccccc1)S(C)(=O)=O. The highest BCUT2D eigenvalue weighted by atomic mass is 32.2. The summed E-state index contributed by atoms with van der Waals surface area (Å²) in [6.45, 7) is 5.67. The molecule has 0 bridgehead atoms. The molecule has 1 aromatic rings. The van der Waals surface area contributed by atoms with Crippen molar-refractivity contribution in [1.82, 2.24) is 9.62 Å². The molecule has 0 fully saturated rings. The second-order valence-electron chi connectivity index (χ2n) is 5.42. The summed E-state index contributed by atoms with van der Waals surface area (Å²) >= 11 is 0. The third-order valence-electron chi connectivity index (χ3n) is 3.45. The van der Waals surface area contributed by atoms with Crippen LogP contribution in [0.25, 0.3) is 0 Å². The Morgan fingerprint density at radius 3 is 2.43 bits per heavy atom. The van der Waals surface area contributed by atoms with Crippen molar-refractivity contribution < 1.29 is 13.5 Å². The first-order valence-corrected chi connectivity index (χ1v) is 9.06. The summed E-state index contributed by atoms with van der Waals surface area (Å²) in [5.74, 6) is 0.